The van der Waals surface area contributed by atoms with Crippen LogP contribution in [0.4, 0.5) is 8.78 Å². The number of hydrogen-bond acceptors (Lipinski definition) is 6. The van der Waals surface area contributed by atoms with Crippen LogP contribution in [0.3, 0.4) is 0 Å². The lowest BCUT2D eigenvalue weighted by Gasteiger charge is -2.29. The maximum atomic E-state index is 14.9. The summed E-state index contributed by atoms with van der Waals surface area (Å²) < 4.78 is 59.5. The quantitative estimate of drug-likeness (QED) is 0.516. The van der Waals surface area contributed by atoms with Crippen LogP contribution >= 0.6 is 0 Å². The summed E-state index contributed by atoms with van der Waals surface area (Å²) in [7, 11) is 0. The predicted octanol–water partition coefficient (Wildman–Crippen LogP) is 2.99. The third-order valence-electron chi connectivity index (χ3n) is 4.09. The van der Waals surface area contributed by atoms with Crippen molar-refractivity contribution in [1.82, 2.24) is 4.72 Å². The molecule has 6 nitrogen and oxygen atoms in total. The molecule has 1 N–H and O–H groups in total. The van der Waals surface area contributed by atoms with Crippen LogP contribution in [0.15, 0.2) is 18.2 Å². The SMILES string of the molecule is CCOC(=O)[C@H](F)[C@@H](N[S@+]([O-])C(C)(C)C)c1cc(OC2CCOC2)ccc1F. The second kappa shape index (κ2) is 9.87. The van der Waals surface area contributed by atoms with Gasteiger partial charge in [0.15, 0.2) is 0 Å². The lowest BCUT2D eigenvalue weighted by Crippen LogP contribution is -2.46. The molecule has 158 valence electrons. The minimum Gasteiger partial charge on any atom is -0.598 e. The van der Waals surface area contributed by atoms with Crippen molar-refractivity contribution in [2.24, 2.45) is 0 Å². The number of carbonyl (C=O) groups excluding carboxylic acids is 1. The van der Waals surface area contributed by atoms with Crippen molar-refractivity contribution < 1.29 is 32.3 Å². The Morgan fingerprint density at radius 1 is 1.46 bits per heavy atom. The molecular formula is C19H27F2NO5S. The van der Waals surface area contributed by atoms with E-state index >= 15 is 0 Å². The summed E-state index contributed by atoms with van der Waals surface area (Å²) >= 11 is -1.75. The number of carbonyl (C=O) groups is 1. The van der Waals surface area contributed by atoms with Crippen LogP contribution in [0.1, 0.15) is 45.7 Å². The van der Waals surface area contributed by atoms with Crippen molar-refractivity contribution in [2.45, 2.75) is 57.2 Å². The molecule has 28 heavy (non-hydrogen) atoms. The number of esters is 1. The Labute approximate surface area is 167 Å². The highest BCUT2D eigenvalue weighted by Crippen LogP contribution is 2.30. The Morgan fingerprint density at radius 2 is 2.18 bits per heavy atom. The van der Waals surface area contributed by atoms with Gasteiger partial charge in [-0.25, -0.2) is 13.6 Å². The molecule has 1 saturated heterocycles. The van der Waals surface area contributed by atoms with Crippen LogP contribution in [0, 0.1) is 5.82 Å². The molecule has 2 rings (SSSR count). The van der Waals surface area contributed by atoms with E-state index in [-0.39, 0.29) is 18.3 Å². The van der Waals surface area contributed by atoms with Gasteiger partial charge in [0.2, 0.25) is 6.17 Å². The molecule has 1 fully saturated rings. The molecule has 1 aromatic carbocycles. The Kier molecular flexibility index (Phi) is 8.06. The zero-order chi connectivity index (χ0) is 20.9. The molecule has 1 aliphatic heterocycles. The summed E-state index contributed by atoms with van der Waals surface area (Å²) in [5.74, 6) is -1.58. The Bertz CT molecular complexity index is 664. The number of nitrogens with one attached hydrogen (secondary N) is 1. The maximum absolute atomic E-state index is 14.9. The van der Waals surface area contributed by atoms with Gasteiger partial charge in [-0.3, -0.25) is 0 Å². The molecule has 1 unspecified atom stereocenters. The van der Waals surface area contributed by atoms with Gasteiger partial charge in [-0.2, -0.15) is 0 Å². The number of benzene rings is 1. The number of halogens is 2. The van der Waals surface area contributed by atoms with E-state index in [2.05, 4.69) is 4.72 Å². The molecule has 1 aromatic rings. The van der Waals surface area contributed by atoms with Gasteiger partial charge in [0.05, 0.1) is 19.8 Å². The second-order valence-corrected chi connectivity index (χ2v) is 9.42. The normalized spacial score (nSPS) is 20.5. The molecule has 0 aromatic heterocycles. The van der Waals surface area contributed by atoms with Gasteiger partial charge in [0.1, 0.15) is 28.5 Å². The molecule has 0 aliphatic carbocycles. The van der Waals surface area contributed by atoms with Crippen molar-refractivity contribution in [3.8, 4) is 5.75 Å². The van der Waals surface area contributed by atoms with E-state index < -0.39 is 40.1 Å². The van der Waals surface area contributed by atoms with Gasteiger partial charge in [0, 0.05) is 23.3 Å². The first kappa shape index (κ1) is 22.9. The first-order valence-corrected chi connectivity index (χ1v) is 10.3. The van der Waals surface area contributed by atoms with Gasteiger partial charge in [-0.05, 0) is 45.9 Å². The molecule has 0 saturated carbocycles. The van der Waals surface area contributed by atoms with Crippen LogP contribution in [0.5, 0.6) is 5.75 Å². The lowest BCUT2D eigenvalue weighted by atomic mass is 10.0. The van der Waals surface area contributed by atoms with Gasteiger partial charge in [-0.15, -0.1) is 4.72 Å². The fourth-order valence-electron chi connectivity index (χ4n) is 2.56. The molecule has 9 heteroatoms. The van der Waals surface area contributed by atoms with E-state index in [4.69, 9.17) is 14.2 Å². The molecule has 0 radical (unpaired) electrons. The highest BCUT2D eigenvalue weighted by atomic mass is 32.2. The topological polar surface area (TPSA) is 79.9 Å². The van der Waals surface area contributed by atoms with Crippen LogP contribution in [-0.4, -0.2) is 47.4 Å². The first-order chi connectivity index (χ1) is 13.1. The standard InChI is InChI=1S/C19H27F2NO5S/c1-5-26-18(23)16(21)17(22-28(24)19(2,3)4)14-10-12(6-7-15(14)20)27-13-8-9-25-11-13/h6-7,10,13,16-17,22H,5,8-9,11H2,1-4H3/t13?,16-,17+,28-/m1/s1. The summed E-state index contributed by atoms with van der Waals surface area (Å²) in [6, 6.07) is 2.37. The van der Waals surface area contributed by atoms with Gasteiger partial charge in [-0.1, -0.05) is 0 Å². The molecule has 1 heterocycles. The smallest absolute Gasteiger partial charge is 0.342 e. The molecule has 0 amide bonds. The number of alkyl halides is 1. The van der Waals surface area contributed by atoms with Gasteiger partial charge >= 0.3 is 5.97 Å². The maximum Gasteiger partial charge on any atom is 0.342 e. The summed E-state index contributed by atoms with van der Waals surface area (Å²) in [4.78, 5) is 12.0. The Balaban J connectivity index is 2.33. The van der Waals surface area contributed by atoms with E-state index in [0.29, 0.717) is 25.4 Å². The molecular weight excluding hydrogens is 392 g/mol. The van der Waals surface area contributed by atoms with Gasteiger partial charge in [0.25, 0.3) is 0 Å². The van der Waals surface area contributed by atoms with E-state index in [1.54, 1.807) is 27.7 Å². The Hall–Kier alpha value is -1.42. The average molecular weight is 419 g/mol. The number of hydrogen-bond donors (Lipinski definition) is 1. The molecule has 4 atom stereocenters. The summed E-state index contributed by atoms with van der Waals surface area (Å²) in [5, 5.41) is 0. The van der Waals surface area contributed by atoms with Crippen LogP contribution in [-0.2, 0) is 25.6 Å². The molecule has 1 aliphatic rings. The van der Waals surface area contributed by atoms with E-state index in [1.807, 2.05) is 0 Å². The zero-order valence-electron chi connectivity index (χ0n) is 16.5. The molecule has 0 bridgehead atoms. The van der Waals surface area contributed by atoms with Crippen LogP contribution in [0.25, 0.3) is 0 Å². The summed E-state index contributed by atoms with van der Waals surface area (Å²) in [6.45, 7) is 7.54. The van der Waals surface area contributed by atoms with Crippen molar-refractivity contribution in [2.75, 3.05) is 19.8 Å². The van der Waals surface area contributed by atoms with Crippen molar-refractivity contribution >= 4 is 17.3 Å². The van der Waals surface area contributed by atoms with Crippen molar-refractivity contribution in [3.05, 3.63) is 29.6 Å². The predicted molar refractivity (Wildman–Crippen MR) is 102 cm³/mol. The minimum atomic E-state index is -2.24. The number of ether oxygens (including phenoxy) is 3. The summed E-state index contributed by atoms with van der Waals surface area (Å²) in [6.07, 6.45) is -1.73. The van der Waals surface area contributed by atoms with E-state index in [1.165, 1.54) is 12.1 Å². The van der Waals surface area contributed by atoms with Crippen LogP contribution in [0.2, 0.25) is 0 Å². The largest absolute Gasteiger partial charge is 0.598 e. The fourth-order valence-corrected chi connectivity index (χ4v) is 3.39. The summed E-state index contributed by atoms with van der Waals surface area (Å²) in [5.41, 5.74) is -0.158. The fraction of sp³-hybridized carbons (Fsp3) is 0.632. The molecule has 0 spiro atoms. The van der Waals surface area contributed by atoms with Crippen molar-refractivity contribution in [1.29, 1.82) is 0 Å². The van der Waals surface area contributed by atoms with Gasteiger partial charge < -0.3 is 18.8 Å². The Morgan fingerprint density at radius 3 is 2.75 bits per heavy atom. The lowest BCUT2D eigenvalue weighted by molar-refractivity contribution is -0.150. The monoisotopic (exact) mass is 419 g/mol. The highest BCUT2D eigenvalue weighted by molar-refractivity contribution is 7.90. The zero-order valence-corrected chi connectivity index (χ0v) is 17.3. The van der Waals surface area contributed by atoms with Crippen LogP contribution < -0.4 is 9.46 Å². The van der Waals surface area contributed by atoms with E-state index in [0.717, 1.165) is 6.07 Å². The third-order valence-corrected chi connectivity index (χ3v) is 5.67. The first-order valence-electron chi connectivity index (χ1n) is 9.16. The van der Waals surface area contributed by atoms with Crippen molar-refractivity contribution in [3.63, 3.8) is 0 Å². The average Bonchev–Trinajstić information content (AvgIpc) is 3.13. The van der Waals surface area contributed by atoms with E-state index in [9.17, 15) is 18.1 Å². The third kappa shape index (κ3) is 6.04. The highest BCUT2D eigenvalue weighted by Gasteiger charge is 2.39. The second-order valence-electron chi connectivity index (χ2n) is 7.42. The number of rotatable bonds is 8. The minimum absolute atomic E-state index is 0.0261.